The molecule has 2 aromatic rings. The van der Waals surface area contributed by atoms with E-state index in [-0.39, 0.29) is 5.43 Å². The number of fused-ring (bicyclic) bond motifs is 1. The second-order valence-corrected chi connectivity index (χ2v) is 4.67. The number of hydrogen-bond acceptors (Lipinski definition) is 1. The standard InChI is InChI=1S/C12H12INO/c1-3-8-5-4-6-9-11(8)14-7(2)10(13)12(9)15/h4-6H,3H2,1-2H3,(H,14,15). The molecule has 2 nitrogen and oxygen atoms in total. The van der Waals surface area contributed by atoms with Gasteiger partial charge in [-0.3, -0.25) is 4.79 Å². The van der Waals surface area contributed by atoms with Gasteiger partial charge in [0.15, 0.2) is 0 Å². The maximum atomic E-state index is 12.0. The Labute approximate surface area is 102 Å². The number of halogens is 1. The summed E-state index contributed by atoms with van der Waals surface area (Å²) in [5.74, 6) is 0. The van der Waals surface area contributed by atoms with Gasteiger partial charge in [-0.1, -0.05) is 19.1 Å². The maximum Gasteiger partial charge on any atom is 0.202 e. The van der Waals surface area contributed by atoms with Gasteiger partial charge in [0.05, 0.1) is 9.09 Å². The number of H-pyrrole nitrogens is 1. The van der Waals surface area contributed by atoms with Crippen LogP contribution in [0.15, 0.2) is 23.0 Å². The molecule has 1 N–H and O–H groups in total. The zero-order valence-electron chi connectivity index (χ0n) is 8.73. The average molecular weight is 313 g/mol. The Balaban J connectivity index is 2.98. The van der Waals surface area contributed by atoms with E-state index >= 15 is 0 Å². The van der Waals surface area contributed by atoms with Crippen LogP contribution in [0.2, 0.25) is 0 Å². The van der Waals surface area contributed by atoms with E-state index in [9.17, 15) is 4.79 Å². The average Bonchev–Trinajstić information content (AvgIpc) is 2.25. The van der Waals surface area contributed by atoms with Gasteiger partial charge in [-0.25, -0.2) is 0 Å². The highest BCUT2D eigenvalue weighted by atomic mass is 127. The van der Waals surface area contributed by atoms with Gasteiger partial charge in [0, 0.05) is 11.1 Å². The van der Waals surface area contributed by atoms with Gasteiger partial charge in [-0.05, 0) is 47.6 Å². The SMILES string of the molecule is CCc1cccc2c(=O)c(I)c(C)[nH]c12. The maximum absolute atomic E-state index is 12.0. The first-order chi connectivity index (χ1) is 7.15. The van der Waals surface area contributed by atoms with Gasteiger partial charge in [0.1, 0.15) is 0 Å². The molecule has 0 aliphatic carbocycles. The minimum Gasteiger partial charge on any atom is -0.357 e. The number of rotatable bonds is 1. The van der Waals surface area contributed by atoms with Gasteiger partial charge >= 0.3 is 0 Å². The summed E-state index contributed by atoms with van der Waals surface area (Å²) in [6.45, 7) is 4.04. The molecular weight excluding hydrogens is 301 g/mol. The fraction of sp³-hybridized carbons (Fsp3) is 0.250. The van der Waals surface area contributed by atoms with Crippen molar-refractivity contribution in [2.24, 2.45) is 0 Å². The number of para-hydroxylation sites is 1. The lowest BCUT2D eigenvalue weighted by Gasteiger charge is -2.06. The van der Waals surface area contributed by atoms with Crippen molar-refractivity contribution in [1.82, 2.24) is 4.98 Å². The Bertz CT molecular complexity index is 572. The third kappa shape index (κ3) is 1.69. The van der Waals surface area contributed by atoms with Gasteiger partial charge < -0.3 is 4.98 Å². The Morgan fingerprint density at radius 2 is 2.13 bits per heavy atom. The lowest BCUT2D eigenvalue weighted by atomic mass is 10.1. The molecule has 0 spiro atoms. The number of hydrogen-bond donors (Lipinski definition) is 1. The molecule has 3 heteroatoms. The molecule has 0 radical (unpaired) electrons. The molecule has 0 saturated carbocycles. The molecule has 0 amide bonds. The normalized spacial score (nSPS) is 10.9. The van der Waals surface area contributed by atoms with Gasteiger partial charge in [-0.2, -0.15) is 0 Å². The lowest BCUT2D eigenvalue weighted by Crippen LogP contribution is -2.10. The summed E-state index contributed by atoms with van der Waals surface area (Å²) in [6.07, 6.45) is 0.938. The van der Waals surface area contributed by atoms with E-state index in [1.54, 1.807) is 0 Å². The van der Waals surface area contributed by atoms with Gasteiger partial charge in [0.25, 0.3) is 0 Å². The number of nitrogens with one attached hydrogen (secondary N) is 1. The molecule has 2 rings (SSSR count). The van der Waals surface area contributed by atoms with Crippen molar-refractivity contribution in [3.05, 3.63) is 43.2 Å². The van der Waals surface area contributed by atoms with Crippen LogP contribution in [0.4, 0.5) is 0 Å². The number of aromatic amines is 1. The zero-order valence-corrected chi connectivity index (χ0v) is 10.9. The summed E-state index contributed by atoms with van der Waals surface area (Å²) in [7, 11) is 0. The van der Waals surface area contributed by atoms with Crippen molar-refractivity contribution in [2.75, 3.05) is 0 Å². The van der Waals surface area contributed by atoms with E-state index in [2.05, 4.69) is 40.6 Å². The first-order valence-corrected chi connectivity index (χ1v) is 6.03. The molecule has 0 unspecified atom stereocenters. The van der Waals surface area contributed by atoms with Crippen LogP contribution in [0.1, 0.15) is 18.2 Å². The zero-order chi connectivity index (χ0) is 11.0. The summed E-state index contributed by atoms with van der Waals surface area (Å²) in [5, 5.41) is 0.796. The van der Waals surface area contributed by atoms with Gasteiger partial charge in [-0.15, -0.1) is 0 Å². The van der Waals surface area contributed by atoms with Crippen LogP contribution in [-0.4, -0.2) is 4.98 Å². The van der Waals surface area contributed by atoms with Crippen molar-refractivity contribution >= 4 is 33.5 Å². The van der Waals surface area contributed by atoms with Crippen molar-refractivity contribution in [3.8, 4) is 0 Å². The van der Waals surface area contributed by atoms with E-state index in [4.69, 9.17) is 0 Å². The number of aromatic nitrogens is 1. The first-order valence-electron chi connectivity index (χ1n) is 4.95. The van der Waals surface area contributed by atoms with Crippen molar-refractivity contribution in [1.29, 1.82) is 0 Å². The molecular formula is C12H12INO. The van der Waals surface area contributed by atoms with Crippen LogP contribution in [-0.2, 0) is 6.42 Å². The highest BCUT2D eigenvalue weighted by Gasteiger charge is 2.08. The molecule has 0 atom stereocenters. The van der Waals surface area contributed by atoms with Crippen LogP contribution < -0.4 is 5.43 Å². The minimum absolute atomic E-state index is 0.136. The van der Waals surface area contributed by atoms with Crippen LogP contribution in [0, 0.1) is 10.5 Å². The highest BCUT2D eigenvalue weighted by Crippen LogP contribution is 2.17. The van der Waals surface area contributed by atoms with Crippen LogP contribution in [0.25, 0.3) is 10.9 Å². The predicted molar refractivity (Wildman–Crippen MR) is 71.4 cm³/mol. The number of aryl methyl sites for hydroxylation is 2. The third-order valence-electron chi connectivity index (χ3n) is 2.62. The monoisotopic (exact) mass is 313 g/mol. The fourth-order valence-electron chi connectivity index (χ4n) is 1.76. The number of benzene rings is 1. The smallest absolute Gasteiger partial charge is 0.202 e. The molecule has 0 fully saturated rings. The molecule has 0 aliphatic heterocycles. The molecule has 78 valence electrons. The third-order valence-corrected chi connectivity index (χ3v) is 3.92. The summed E-state index contributed by atoms with van der Waals surface area (Å²) in [5.41, 5.74) is 3.28. The van der Waals surface area contributed by atoms with E-state index < -0.39 is 0 Å². The summed E-state index contributed by atoms with van der Waals surface area (Å²) < 4.78 is 0.786. The molecule has 1 aromatic heterocycles. The predicted octanol–water partition coefficient (Wildman–Crippen LogP) is 3.00. The van der Waals surface area contributed by atoms with Crippen LogP contribution in [0.5, 0.6) is 0 Å². The summed E-state index contributed by atoms with van der Waals surface area (Å²) >= 11 is 2.10. The minimum atomic E-state index is 0.136. The molecule has 1 heterocycles. The highest BCUT2D eigenvalue weighted by molar-refractivity contribution is 14.1. The Hall–Kier alpha value is -0.840. The summed E-state index contributed by atoms with van der Waals surface area (Å²) in [4.78, 5) is 15.3. The van der Waals surface area contributed by atoms with Gasteiger partial charge in [0.2, 0.25) is 5.43 Å². The molecule has 0 saturated heterocycles. The lowest BCUT2D eigenvalue weighted by molar-refractivity contribution is 1.12. The van der Waals surface area contributed by atoms with E-state index in [0.29, 0.717) is 0 Å². The fourth-order valence-corrected chi connectivity index (χ4v) is 2.19. The second kappa shape index (κ2) is 3.96. The number of pyridine rings is 1. The molecule has 0 aliphatic rings. The largest absolute Gasteiger partial charge is 0.357 e. The second-order valence-electron chi connectivity index (χ2n) is 3.59. The van der Waals surface area contributed by atoms with Crippen LogP contribution >= 0.6 is 22.6 Å². The Morgan fingerprint density at radius 1 is 1.40 bits per heavy atom. The van der Waals surface area contributed by atoms with E-state index in [1.807, 2.05) is 19.1 Å². The van der Waals surface area contributed by atoms with Crippen LogP contribution in [0.3, 0.4) is 0 Å². The van der Waals surface area contributed by atoms with E-state index in [1.165, 1.54) is 5.56 Å². The Kier molecular flexibility index (Phi) is 2.82. The van der Waals surface area contributed by atoms with E-state index in [0.717, 1.165) is 26.6 Å². The first kappa shape index (κ1) is 10.7. The topological polar surface area (TPSA) is 32.9 Å². The molecule has 1 aromatic carbocycles. The van der Waals surface area contributed by atoms with Crippen molar-refractivity contribution in [2.45, 2.75) is 20.3 Å². The summed E-state index contributed by atoms with van der Waals surface area (Å²) in [6, 6.07) is 5.89. The van der Waals surface area contributed by atoms with Crippen molar-refractivity contribution < 1.29 is 0 Å². The van der Waals surface area contributed by atoms with Crippen molar-refractivity contribution in [3.63, 3.8) is 0 Å². The quantitative estimate of drug-likeness (QED) is 0.807. The Morgan fingerprint density at radius 3 is 2.80 bits per heavy atom. The molecule has 15 heavy (non-hydrogen) atoms. The molecule has 0 bridgehead atoms.